The van der Waals surface area contributed by atoms with Gasteiger partial charge in [0.1, 0.15) is 0 Å². The predicted molar refractivity (Wildman–Crippen MR) is 222 cm³/mol. The molecule has 0 aromatic heterocycles. The van der Waals surface area contributed by atoms with Crippen molar-refractivity contribution in [2.75, 3.05) is 0 Å². The Labute approximate surface area is 470 Å². The monoisotopic (exact) mass is 1380 g/mol. The summed E-state index contributed by atoms with van der Waals surface area (Å²) in [5.74, 6) is -22.2. The molecule has 1 aliphatic rings. The Balaban J connectivity index is 3.41. The van der Waals surface area contributed by atoms with E-state index >= 15 is 52.7 Å². The quantitative estimate of drug-likeness (QED) is 0.109. The molecule has 1 aromatic rings. The molecule has 0 aliphatic heterocycles. The number of rotatable bonds is 18. The summed E-state index contributed by atoms with van der Waals surface area (Å²) in [5, 5.41) is 40.1. The lowest BCUT2D eigenvalue weighted by atomic mass is 9.60. The van der Waals surface area contributed by atoms with Gasteiger partial charge in [0.15, 0.2) is 0 Å². The van der Waals surface area contributed by atoms with E-state index in [-0.39, 0.29) is 20.8 Å². The molecule has 1 fully saturated rings. The first kappa shape index (κ1) is 80.6. The normalized spacial score (nSPS) is 20.6. The van der Waals surface area contributed by atoms with E-state index < -0.39 is 248 Å². The van der Waals surface area contributed by atoms with E-state index in [1.165, 1.54) is 0 Å². The zero-order valence-corrected chi connectivity index (χ0v) is 44.9. The van der Waals surface area contributed by atoms with Crippen molar-refractivity contribution in [1.82, 2.24) is 0 Å². The van der Waals surface area contributed by atoms with E-state index in [2.05, 4.69) is 9.47 Å². The number of hydrogen-bond acceptors (Lipinski definition) is 6. The standard InChI is InChI=1S/C46H48F36O6/c1-8-18(2)20-12-25(33(43(71,72)73,44(74,75)76)87-27(4,5)19(3)11-21(30(84,37(53,54)55)38(56,57)58)9-10-29(83,35(47,48)49)36(50,51)52)17-26(13-20)34(45(77,78)79,46(80,81)82)88-28(6,7)22-14-23(31(85,39(59,60)61)40(62,63)64)16-24(15-22)32(86,41(65,66)67)42(68,69)70/h12-13,17-19,21-24,83-86H,8-11,14-16H2,1-7H3. The van der Waals surface area contributed by atoms with Gasteiger partial charge in [-0.05, 0) is 102 Å². The molecular formula is C46H48F36O6. The largest absolute Gasteiger partial charge is 0.430 e. The van der Waals surface area contributed by atoms with Gasteiger partial charge in [0, 0.05) is 28.9 Å². The molecule has 0 bridgehead atoms. The van der Waals surface area contributed by atoms with Crippen LogP contribution in [0.15, 0.2) is 18.2 Å². The zero-order valence-electron chi connectivity index (χ0n) is 44.9. The molecule has 1 saturated carbocycles. The fourth-order valence-corrected chi connectivity index (χ4v) is 10.4. The zero-order chi connectivity index (χ0) is 70.7. The van der Waals surface area contributed by atoms with Crippen molar-refractivity contribution in [1.29, 1.82) is 0 Å². The Hall–Kier alpha value is -3.54. The summed E-state index contributed by atoms with van der Waals surface area (Å²) >= 11 is 0. The van der Waals surface area contributed by atoms with E-state index in [0.29, 0.717) is 6.92 Å². The number of aliphatic hydroxyl groups is 4. The smallest absolute Gasteiger partial charge is 0.374 e. The fourth-order valence-electron chi connectivity index (χ4n) is 10.4. The molecule has 2 rings (SSSR count). The minimum atomic E-state index is -7.69. The third-order valence-electron chi connectivity index (χ3n) is 16.1. The van der Waals surface area contributed by atoms with Gasteiger partial charge in [-0.2, -0.15) is 158 Å². The summed E-state index contributed by atoms with van der Waals surface area (Å²) in [7, 11) is 0. The van der Waals surface area contributed by atoms with Crippen LogP contribution in [0.4, 0.5) is 158 Å². The van der Waals surface area contributed by atoms with Gasteiger partial charge in [-0.1, -0.05) is 32.9 Å². The summed E-state index contributed by atoms with van der Waals surface area (Å²) in [6.45, 7) is -0.0553. The maximum absolute atomic E-state index is 15.8. The Morgan fingerprint density at radius 2 is 0.705 bits per heavy atom. The minimum absolute atomic E-state index is 0.110. The van der Waals surface area contributed by atoms with E-state index in [1.807, 2.05) is 0 Å². The molecule has 1 aliphatic carbocycles. The lowest BCUT2D eigenvalue weighted by Gasteiger charge is -2.53. The van der Waals surface area contributed by atoms with Gasteiger partial charge >= 0.3 is 74.1 Å². The van der Waals surface area contributed by atoms with Gasteiger partial charge in [0.2, 0.25) is 0 Å². The summed E-state index contributed by atoms with van der Waals surface area (Å²) in [6, 6.07) is -2.74. The lowest BCUT2D eigenvalue weighted by molar-refractivity contribution is -0.421. The van der Waals surface area contributed by atoms with Crippen molar-refractivity contribution in [3.8, 4) is 0 Å². The molecule has 0 saturated heterocycles. The first-order chi connectivity index (χ1) is 38.0. The van der Waals surface area contributed by atoms with Crippen LogP contribution in [-0.4, -0.2) is 128 Å². The van der Waals surface area contributed by atoms with Crippen molar-refractivity contribution in [3.63, 3.8) is 0 Å². The van der Waals surface area contributed by atoms with Crippen molar-refractivity contribution >= 4 is 0 Å². The average Bonchev–Trinajstić information content (AvgIpc) is 3.27. The van der Waals surface area contributed by atoms with Crippen LogP contribution in [0.3, 0.4) is 0 Å². The van der Waals surface area contributed by atoms with Crippen LogP contribution in [0.5, 0.6) is 0 Å². The lowest BCUT2D eigenvalue weighted by Crippen LogP contribution is -2.68. The SMILES string of the molecule is CCC(C)c1cc(C(OC(C)(C)C(C)CC(CCC(O)(C(F)(F)F)C(F)(F)F)C(O)(C(F)(F)F)C(F)(F)F)(C(F)(F)F)C(F)(F)F)cc(C(OC(C)(C)C2CC(C(O)(C(F)(F)F)C(F)(F)F)CC(C(O)(C(F)(F)F)C(F)(F)F)C2)(C(F)(F)F)C(F)(F)F)c1. The molecule has 520 valence electrons. The Kier molecular flexibility index (Phi) is 21.5. The van der Waals surface area contributed by atoms with Gasteiger partial charge in [-0.25, -0.2) is 0 Å². The number of benzene rings is 1. The molecule has 4 N–H and O–H groups in total. The summed E-state index contributed by atoms with van der Waals surface area (Å²) in [6.07, 6.45) is -108. The Morgan fingerprint density at radius 3 is 0.966 bits per heavy atom. The van der Waals surface area contributed by atoms with Gasteiger partial charge in [-0.15, -0.1) is 0 Å². The number of hydrogen-bond donors (Lipinski definition) is 4. The summed E-state index contributed by atoms with van der Waals surface area (Å²) in [4.78, 5) is 0. The molecule has 0 spiro atoms. The first-order valence-electron chi connectivity index (χ1n) is 24.3. The molecule has 0 amide bonds. The van der Waals surface area contributed by atoms with E-state index in [1.54, 1.807) is 0 Å². The number of alkyl halides is 36. The summed E-state index contributed by atoms with van der Waals surface area (Å²) in [5.41, 5.74) is -56.7. The average molecular weight is 1380 g/mol. The molecule has 5 atom stereocenters. The van der Waals surface area contributed by atoms with Gasteiger partial charge in [0.25, 0.3) is 33.6 Å². The molecular weight excluding hydrogens is 1330 g/mol. The van der Waals surface area contributed by atoms with Gasteiger partial charge in [-0.3, -0.25) is 0 Å². The number of halogens is 36. The second-order valence-electron chi connectivity index (χ2n) is 22.2. The Bertz CT molecular complexity index is 2380. The topological polar surface area (TPSA) is 99.4 Å². The number of ether oxygens (including phenoxy) is 2. The highest BCUT2D eigenvalue weighted by Crippen LogP contribution is 2.65. The van der Waals surface area contributed by atoms with Crippen molar-refractivity contribution in [2.24, 2.45) is 29.6 Å². The third-order valence-corrected chi connectivity index (χ3v) is 16.1. The molecule has 5 unspecified atom stereocenters. The van der Waals surface area contributed by atoms with Crippen LogP contribution in [0.25, 0.3) is 0 Å². The maximum atomic E-state index is 15.8. The van der Waals surface area contributed by atoms with Crippen molar-refractivity contribution in [3.05, 3.63) is 34.9 Å². The van der Waals surface area contributed by atoms with Crippen molar-refractivity contribution in [2.45, 2.75) is 218 Å². The maximum Gasteiger partial charge on any atom is 0.430 e. The second-order valence-corrected chi connectivity index (χ2v) is 22.2. The van der Waals surface area contributed by atoms with E-state index in [4.69, 9.17) is 0 Å². The van der Waals surface area contributed by atoms with Crippen molar-refractivity contribution < 1.29 is 188 Å². The predicted octanol–water partition coefficient (Wildman–Crippen LogP) is 17.3. The molecule has 42 heteroatoms. The molecule has 1 aromatic carbocycles. The van der Waals surface area contributed by atoms with Gasteiger partial charge in [0.05, 0.1) is 11.2 Å². The molecule has 88 heavy (non-hydrogen) atoms. The van der Waals surface area contributed by atoms with Crippen LogP contribution in [0, 0.1) is 29.6 Å². The van der Waals surface area contributed by atoms with E-state index in [9.17, 15) is 126 Å². The molecule has 0 radical (unpaired) electrons. The molecule has 0 heterocycles. The van der Waals surface area contributed by atoms with Crippen LogP contribution in [-0.2, 0) is 20.7 Å². The highest BCUT2D eigenvalue weighted by atomic mass is 19.5. The van der Waals surface area contributed by atoms with Crippen LogP contribution >= 0.6 is 0 Å². The van der Waals surface area contributed by atoms with Gasteiger partial charge < -0.3 is 29.9 Å². The van der Waals surface area contributed by atoms with Crippen LogP contribution < -0.4 is 0 Å². The summed E-state index contributed by atoms with van der Waals surface area (Å²) < 4.78 is 537. The van der Waals surface area contributed by atoms with Crippen LogP contribution in [0.1, 0.15) is 116 Å². The Morgan fingerprint density at radius 1 is 0.409 bits per heavy atom. The third kappa shape index (κ3) is 13.9. The first-order valence-corrected chi connectivity index (χ1v) is 24.3. The minimum Gasteiger partial charge on any atom is -0.374 e. The highest BCUT2D eigenvalue weighted by molar-refractivity contribution is 5.42. The second kappa shape index (κ2) is 23.5. The highest BCUT2D eigenvalue weighted by Gasteiger charge is 2.82. The van der Waals surface area contributed by atoms with E-state index in [0.717, 1.165) is 6.92 Å². The van der Waals surface area contributed by atoms with Crippen LogP contribution in [0.2, 0.25) is 0 Å². The molecule has 6 nitrogen and oxygen atoms in total. The fraction of sp³-hybridized carbons (Fsp3) is 0.870.